The maximum absolute atomic E-state index is 13.9. The van der Waals surface area contributed by atoms with E-state index in [0.29, 0.717) is 38.1 Å². The summed E-state index contributed by atoms with van der Waals surface area (Å²) < 4.78 is 21.7. The number of allylic oxidation sites excluding steroid dienone is 1. The van der Waals surface area contributed by atoms with E-state index in [1.54, 1.807) is 26.0 Å². The zero-order chi connectivity index (χ0) is 28.7. The van der Waals surface area contributed by atoms with Crippen LogP contribution in [0.1, 0.15) is 31.4 Å². The van der Waals surface area contributed by atoms with Gasteiger partial charge in [0.15, 0.2) is 4.80 Å². The van der Waals surface area contributed by atoms with Crippen LogP contribution in [0.3, 0.4) is 0 Å². The summed E-state index contributed by atoms with van der Waals surface area (Å²) in [5.74, 6) is 1.76. The van der Waals surface area contributed by atoms with E-state index in [-0.39, 0.29) is 17.7 Å². The highest BCUT2D eigenvalue weighted by atomic mass is 127. The molecular formula is C31H22BrIN2O5S. The maximum Gasteiger partial charge on any atom is 0.338 e. The van der Waals surface area contributed by atoms with Crippen molar-refractivity contribution in [1.82, 2.24) is 4.57 Å². The Morgan fingerprint density at radius 3 is 2.39 bits per heavy atom. The summed E-state index contributed by atoms with van der Waals surface area (Å²) in [5.41, 5.74) is 2.25. The minimum Gasteiger partial charge on any atom is -0.463 e. The van der Waals surface area contributed by atoms with Crippen molar-refractivity contribution in [2.75, 3.05) is 6.61 Å². The van der Waals surface area contributed by atoms with Crippen LogP contribution in [0, 0.1) is 3.57 Å². The highest BCUT2D eigenvalue weighted by Crippen LogP contribution is 2.34. The molecule has 0 N–H and O–H groups in total. The first-order valence-electron chi connectivity index (χ1n) is 12.7. The Balaban J connectivity index is 1.45. The Morgan fingerprint density at radius 2 is 1.68 bits per heavy atom. The van der Waals surface area contributed by atoms with Gasteiger partial charge >= 0.3 is 5.97 Å². The monoisotopic (exact) mass is 740 g/mol. The lowest BCUT2D eigenvalue weighted by atomic mass is 10.0. The highest BCUT2D eigenvalue weighted by molar-refractivity contribution is 14.1. The third kappa shape index (κ3) is 5.43. The van der Waals surface area contributed by atoms with Crippen molar-refractivity contribution in [2.24, 2.45) is 4.99 Å². The van der Waals surface area contributed by atoms with Crippen molar-refractivity contribution < 1.29 is 18.4 Å². The number of halogens is 2. The summed E-state index contributed by atoms with van der Waals surface area (Å²) in [7, 11) is 0. The molecular weight excluding hydrogens is 719 g/mol. The average molecular weight is 741 g/mol. The fraction of sp³-hybridized carbons (Fsp3) is 0.129. The van der Waals surface area contributed by atoms with Gasteiger partial charge in [0.25, 0.3) is 5.56 Å². The van der Waals surface area contributed by atoms with Crippen LogP contribution in [0.5, 0.6) is 0 Å². The number of benzene rings is 2. The van der Waals surface area contributed by atoms with Gasteiger partial charge in [0, 0.05) is 25.2 Å². The summed E-state index contributed by atoms with van der Waals surface area (Å²) >= 11 is 6.94. The largest absolute Gasteiger partial charge is 0.463 e. The first-order valence-corrected chi connectivity index (χ1v) is 15.4. The Hall–Kier alpha value is -3.48. The second-order valence-corrected chi connectivity index (χ2v) is 12.4. The van der Waals surface area contributed by atoms with Gasteiger partial charge in [0.2, 0.25) is 0 Å². The maximum atomic E-state index is 13.9. The molecule has 1 aliphatic rings. The summed E-state index contributed by atoms with van der Waals surface area (Å²) in [4.78, 5) is 32.1. The minimum absolute atomic E-state index is 0.191. The predicted molar refractivity (Wildman–Crippen MR) is 169 cm³/mol. The lowest BCUT2D eigenvalue weighted by molar-refractivity contribution is -0.139. The van der Waals surface area contributed by atoms with E-state index in [1.807, 2.05) is 66.7 Å². The number of carbonyl (C=O) groups is 1. The van der Waals surface area contributed by atoms with Crippen LogP contribution >= 0.6 is 49.9 Å². The van der Waals surface area contributed by atoms with Crippen molar-refractivity contribution in [3.05, 3.63) is 123 Å². The van der Waals surface area contributed by atoms with Gasteiger partial charge in [-0.3, -0.25) is 9.36 Å². The second-order valence-electron chi connectivity index (χ2n) is 9.22. The molecule has 1 atom stereocenters. The van der Waals surface area contributed by atoms with E-state index < -0.39 is 12.0 Å². The van der Waals surface area contributed by atoms with Crippen molar-refractivity contribution in [2.45, 2.75) is 19.9 Å². The number of furan rings is 2. The number of nitrogens with zero attached hydrogens (tertiary/aromatic N) is 2. The molecule has 10 heteroatoms. The Labute approximate surface area is 260 Å². The molecule has 1 aliphatic heterocycles. The van der Waals surface area contributed by atoms with E-state index in [2.05, 4.69) is 43.5 Å². The molecule has 0 saturated carbocycles. The van der Waals surface area contributed by atoms with E-state index in [1.165, 1.54) is 15.9 Å². The Kier molecular flexibility index (Phi) is 7.71. The quantitative estimate of drug-likeness (QED) is 0.143. The molecule has 206 valence electrons. The van der Waals surface area contributed by atoms with Gasteiger partial charge in [-0.15, -0.1) is 0 Å². The molecule has 5 aromatic rings. The number of carbonyl (C=O) groups excluding carboxylic acids is 1. The number of fused-ring (bicyclic) bond motifs is 1. The number of aromatic nitrogens is 1. The summed E-state index contributed by atoms with van der Waals surface area (Å²) in [6.07, 6.45) is 1.70. The zero-order valence-electron chi connectivity index (χ0n) is 21.9. The molecule has 4 heterocycles. The fourth-order valence-corrected chi connectivity index (χ4v) is 6.31. The zero-order valence-corrected chi connectivity index (χ0v) is 26.4. The van der Waals surface area contributed by atoms with Gasteiger partial charge in [0.1, 0.15) is 29.1 Å². The van der Waals surface area contributed by atoms with Crippen molar-refractivity contribution in [1.29, 1.82) is 0 Å². The molecule has 0 unspecified atom stereocenters. The number of esters is 1. The third-order valence-electron chi connectivity index (χ3n) is 6.57. The Bertz CT molecular complexity index is 1980. The smallest absolute Gasteiger partial charge is 0.338 e. The molecule has 0 bridgehead atoms. The topological polar surface area (TPSA) is 86.9 Å². The molecule has 0 amide bonds. The lowest BCUT2D eigenvalue weighted by Crippen LogP contribution is -2.39. The first kappa shape index (κ1) is 27.7. The standard InChI is InChI=1S/C31H22BrIN2O5S/c1-3-38-30(37)27-17(2)34-31-35(28(27)25-15-14-24(40-25)18-4-8-20(32)9-5-18)29(36)26(41-31)16-22-12-13-23(39-22)19-6-10-21(33)11-7-19/h4-16,28H,3H2,1-2H3/b26-16-/t28-/m0/s1. The predicted octanol–water partition coefficient (Wildman–Crippen LogP) is 6.69. The van der Waals surface area contributed by atoms with Gasteiger partial charge < -0.3 is 13.6 Å². The normalized spacial score (nSPS) is 15.1. The number of ether oxygens (including phenoxy) is 1. The van der Waals surface area contributed by atoms with Crippen LogP contribution in [0.4, 0.5) is 0 Å². The van der Waals surface area contributed by atoms with Crippen LogP contribution in [-0.2, 0) is 9.53 Å². The summed E-state index contributed by atoms with van der Waals surface area (Å²) in [6.45, 7) is 3.68. The molecule has 2 aromatic carbocycles. The van der Waals surface area contributed by atoms with Gasteiger partial charge in [-0.05, 0) is 85.0 Å². The van der Waals surface area contributed by atoms with Crippen LogP contribution in [0.15, 0.2) is 107 Å². The number of hydrogen-bond acceptors (Lipinski definition) is 7. The second kappa shape index (κ2) is 11.4. The van der Waals surface area contributed by atoms with Gasteiger partial charge in [-0.2, -0.15) is 0 Å². The van der Waals surface area contributed by atoms with Crippen molar-refractivity contribution in [3.8, 4) is 22.6 Å². The van der Waals surface area contributed by atoms with E-state index in [9.17, 15) is 9.59 Å². The number of rotatable bonds is 6. The molecule has 6 rings (SSSR count). The SMILES string of the molecule is CCOC(=O)C1=C(C)N=c2s/c(=C\c3ccc(-c4ccc(I)cc4)o3)c(=O)n2[C@H]1c1ccc(-c2ccc(Br)cc2)o1. The number of thiazole rings is 1. The van der Waals surface area contributed by atoms with Crippen LogP contribution < -0.4 is 14.9 Å². The molecule has 0 aliphatic carbocycles. The van der Waals surface area contributed by atoms with Gasteiger partial charge in [-0.25, -0.2) is 9.79 Å². The third-order valence-corrected chi connectivity index (χ3v) is 8.80. The molecule has 0 fully saturated rings. The Morgan fingerprint density at radius 1 is 1.02 bits per heavy atom. The summed E-state index contributed by atoms with van der Waals surface area (Å²) in [6, 6.07) is 22.2. The van der Waals surface area contributed by atoms with Gasteiger partial charge in [0.05, 0.1) is 22.4 Å². The molecule has 41 heavy (non-hydrogen) atoms. The molecule has 0 spiro atoms. The minimum atomic E-state index is -0.837. The van der Waals surface area contributed by atoms with Gasteiger partial charge in [-0.1, -0.05) is 51.5 Å². The highest BCUT2D eigenvalue weighted by Gasteiger charge is 2.35. The van der Waals surface area contributed by atoms with Crippen molar-refractivity contribution >= 4 is 61.9 Å². The first-order chi connectivity index (χ1) is 19.8. The van der Waals surface area contributed by atoms with Crippen LogP contribution in [0.2, 0.25) is 0 Å². The fourth-order valence-electron chi connectivity index (χ4n) is 4.66. The van der Waals surface area contributed by atoms with E-state index in [0.717, 1.165) is 19.2 Å². The molecule has 7 nitrogen and oxygen atoms in total. The van der Waals surface area contributed by atoms with Crippen LogP contribution in [-0.4, -0.2) is 17.1 Å². The average Bonchev–Trinajstić information content (AvgIpc) is 3.69. The lowest BCUT2D eigenvalue weighted by Gasteiger charge is -2.22. The van der Waals surface area contributed by atoms with Crippen molar-refractivity contribution in [3.63, 3.8) is 0 Å². The van der Waals surface area contributed by atoms with Crippen LogP contribution in [0.25, 0.3) is 28.7 Å². The van der Waals surface area contributed by atoms with E-state index in [4.69, 9.17) is 13.6 Å². The molecule has 0 saturated heterocycles. The molecule has 3 aromatic heterocycles. The summed E-state index contributed by atoms with van der Waals surface area (Å²) in [5, 5.41) is 0. The number of hydrogen-bond donors (Lipinski definition) is 0. The molecule has 0 radical (unpaired) electrons. The van der Waals surface area contributed by atoms with E-state index >= 15 is 0 Å².